The van der Waals surface area contributed by atoms with Crippen LogP contribution in [0.3, 0.4) is 0 Å². The van der Waals surface area contributed by atoms with Crippen molar-refractivity contribution in [1.82, 2.24) is 24.6 Å². The molecule has 0 aliphatic carbocycles. The molecule has 0 aliphatic rings. The van der Waals surface area contributed by atoms with Crippen molar-refractivity contribution >= 4 is 34.1 Å². The van der Waals surface area contributed by atoms with Crippen molar-refractivity contribution in [2.24, 2.45) is 0 Å². The second kappa shape index (κ2) is 9.18. The number of hydrogen-bond donors (Lipinski definition) is 0. The van der Waals surface area contributed by atoms with Gasteiger partial charge in [0.15, 0.2) is 5.13 Å². The molecule has 1 amide bonds. The first-order chi connectivity index (χ1) is 15.0. The normalized spacial score (nSPS) is 11.7. The Balaban J connectivity index is 1.64. The summed E-state index contributed by atoms with van der Waals surface area (Å²) in [6.45, 7) is 6.96. The first-order valence-corrected chi connectivity index (χ1v) is 10.6. The molecular weight excluding hydrogens is 449 g/mol. The number of amides is 1. The number of halogens is 3. The Morgan fingerprint density at radius 1 is 1.22 bits per heavy atom. The minimum Gasteiger partial charge on any atom is -0.459 e. The van der Waals surface area contributed by atoms with Crippen LogP contribution in [0.15, 0.2) is 5.38 Å². The van der Waals surface area contributed by atoms with Crippen molar-refractivity contribution in [2.75, 3.05) is 11.4 Å². The Hall–Kier alpha value is -3.09. The first kappa shape index (κ1) is 23.6. The lowest BCUT2D eigenvalue weighted by Gasteiger charge is -2.14. The number of ether oxygens (including phenoxy) is 1. The fourth-order valence-corrected chi connectivity index (χ4v) is 4.04. The Morgan fingerprint density at radius 3 is 2.56 bits per heavy atom. The standard InChI is InChI=1S/C19H21F3N6O3S/c1-5-27(12(4)29)18-24-13(9-32-18)8-31-15(30)7-6-14-10(2)23-17-25-16(19(20,21)22)26-28(17)11(14)3/h9H,5-8H2,1-4H3. The number of hydrogen-bond acceptors (Lipinski definition) is 8. The molecule has 3 rings (SSSR count). The van der Waals surface area contributed by atoms with Gasteiger partial charge in [-0.25, -0.2) is 14.5 Å². The molecule has 0 aromatic carbocycles. The van der Waals surface area contributed by atoms with Crippen LogP contribution >= 0.6 is 11.3 Å². The van der Waals surface area contributed by atoms with E-state index < -0.39 is 18.0 Å². The number of carbonyl (C=O) groups is 2. The van der Waals surface area contributed by atoms with Gasteiger partial charge in [0.25, 0.3) is 11.6 Å². The van der Waals surface area contributed by atoms with E-state index in [0.29, 0.717) is 34.3 Å². The molecule has 0 unspecified atom stereocenters. The quantitative estimate of drug-likeness (QED) is 0.488. The van der Waals surface area contributed by atoms with Gasteiger partial charge in [0, 0.05) is 36.7 Å². The SMILES string of the molecule is CCN(C(C)=O)c1nc(COC(=O)CCc2c(C)nc3nc(C(F)(F)F)nn3c2C)cs1. The lowest BCUT2D eigenvalue weighted by Crippen LogP contribution is -2.27. The molecule has 0 aliphatic heterocycles. The summed E-state index contributed by atoms with van der Waals surface area (Å²) in [7, 11) is 0. The maximum atomic E-state index is 12.9. The van der Waals surface area contributed by atoms with Crippen molar-refractivity contribution in [3.63, 3.8) is 0 Å². The van der Waals surface area contributed by atoms with Gasteiger partial charge in [0.2, 0.25) is 5.91 Å². The number of aromatic nitrogens is 5. The van der Waals surface area contributed by atoms with Crippen molar-refractivity contribution in [3.8, 4) is 0 Å². The number of carbonyl (C=O) groups excluding carboxylic acids is 2. The summed E-state index contributed by atoms with van der Waals surface area (Å²) >= 11 is 1.28. The summed E-state index contributed by atoms with van der Waals surface area (Å²) < 4.78 is 45.0. The minimum atomic E-state index is -4.67. The van der Waals surface area contributed by atoms with E-state index in [1.54, 1.807) is 19.2 Å². The van der Waals surface area contributed by atoms with Crippen molar-refractivity contribution in [1.29, 1.82) is 0 Å². The molecule has 0 saturated heterocycles. The molecule has 9 nitrogen and oxygen atoms in total. The van der Waals surface area contributed by atoms with Gasteiger partial charge < -0.3 is 4.74 Å². The van der Waals surface area contributed by atoms with E-state index in [2.05, 4.69) is 20.1 Å². The molecule has 0 radical (unpaired) electrons. The summed E-state index contributed by atoms with van der Waals surface area (Å²) in [5.74, 6) is -2.04. The lowest BCUT2D eigenvalue weighted by atomic mass is 10.1. The Morgan fingerprint density at radius 2 is 1.94 bits per heavy atom. The summed E-state index contributed by atoms with van der Waals surface area (Å²) in [6.07, 6.45) is -4.45. The summed E-state index contributed by atoms with van der Waals surface area (Å²) in [5.41, 5.74) is 2.02. The number of aryl methyl sites for hydroxylation is 2. The Labute approximate surface area is 185 Å². The number of rotatable bonds is 7. The third-order valence-corrected chi connectivity index (χ3v) is 5.64. The van der Waals surface area contributed by atoms with Gasteiger partial charge in [-0.05, 0) is 32.8 Å². The van der Waals surface area contributed by atoms with Crippen LogP contribution in [-0.4, -0.2) is 43.0 Å². The molecule has 172 valence electrons. The van der Waals surface area contributed by atoms with E-state index >= 15 is 0 Å². The van der Waals surface area contributed by atoms with Crippen LogP contribution in [0.5, 0.6) is 0 Å². The van der Waals surface area contributed by atoms with E-state index in [-0.39, 0.29) is 31.1 Å². The first-order valence-electron chi connectivity index (χ1n) is 9.69. The van der Waals surface area contributed by atoms with Crippen molar-refractivity contribution in [3.05, 3.63) is 33.8 Å². The van der Waals surface area contributed by atoms with Crippen LogP contribution in [0, 0.1) is 13.8 Å². The molecule has 0 fully saturated rings. The third kappa shape index (κ3) is 5.03. The van der Waals surface area contributed by atoms with Gasteiger partial charge in [-0.3, -0.25) is 14.5 Å². The fraction of sp³-hybridized carbons (Fsp3) is 0.474. The highest BCUT2D eigenvalue weighted by Gasteiger charge is 2.37. The Bertz CT molecular complexity index is 1160. The van der Waals surface area contributed by atoms with Crippen molar-refractivity contribution in [2.45, 2.75) is 53.3 Å². The van der Waals surface area contributed by atoms with Gasteiger partial charge in [-0.15, -0.1) is 16.4 Å². The molecule has 3 aromatic rings. The maximum Gasteiger partial charge on any atom is 0.453 e. The van der Waals surface area contributed by atoms with Crippen molar-refractivity contribution < 1.29 is 27.5 Å². The van der Waals surface area contributed by atoms with Gasteiger partial charge >= 0.3 is 12.1 Å². The van der Waals surface area contributed by atoms with E-state index in [1.807, 2.05) is 6.92 Å². The second-order valence-electron chi connectivity index (χ2n) is 6.95. The minimum absolute atomic E-state index is 0.00121. The molecule has 0 bridgehead atoms. The van der Waals surface area contributed by atoms with Crippen LogP contribution in [0.1, 0.15) is 48.7 Å². The van der Waals surface area contributed by atoms with E-state index in [9.17, 15) is 22.8 Å². The monoisotopic (exact) mass is 470 g/mol. The van der Waals surface area contributed by atoms with Crippen LogP contribution in [0.2, 0.25) is 0 Å². The highest BCUT2D eigenvalue weighted by molar-refractivity contribution is 7.14. The topological polar surface area (TPSA) is 103 Å². The number of anilines is 1. The predicted molar refractivity (Wildman–Crippen MR) is 109 cm³/mol. The molecule has 0 N–H and O–H groups in total. The van der Waals surface area contributed by atoms with Gasteiger partial charge in [0.1, 0.15) is 6.61 Å². The lowest BCUT2D eigenvalue weighted by molar-refractivity contribution is -0.145. The van der Waals surface area contributed by atoms with Gasteiger partial charge in [-0.1, -0.05) is 0 Å². The summed E-state index contributed by atoms with van der Waals surface area (Å²) in [4.78, 5) is 37.1. The number of alkyl halides is 3. The number of fused-ring (bicyclic) bond motifs is 1. The van der Waals surface area contributed by atoms with Crippen LogP contribution in [0.25, 0.3) is 5.78 Å². The highest BCUT2D eigenvalue weighted by Crippen LogP contribution is 2.27. The molecule has 0 saturated carbocycles. The van der Waals surface area contributed by atoms with Crippen LogP contribution < -0.4 is 4.90 Å². The molecule has 0 spiro atoms. The van der Waals surface area contributed by atoms with Crippen LogP contribution in [0.4, 0.5) is 18.3 Å². The molecular formula is C19H21F3N6O3S. The van der Waals surface area contributed by atoms with E-state index in [1.165, 1.54) is 23.2 Å². The van der Waals surface area contributed by atoms with Gasteiger partial charge in [-0.2, -0.15) is 18.2 Å². The summed E-state index contributed by atoms with van der Waals surface area (Å²) in [6, 6.07) is 0. The second-order valence-corrected chi connectivity index (χ2v) is 7.79. The fourth-order valence-electron chi connectivity index (χ4n) is 3.12. The van der Waals surface area contributed by atoms with E-state index in [4.69, 9.17) is 4.74 Å². The average Bonchev–Trinajstić information content (AvgIpc) is 3.33. The van der Waals surface area contributed by atoms with E-state index in [0.717, 1.165) is 4.52 Å². The third-order valence-electron chi connectivity index (χ3n) is 4.73. The predicted octanol–water partition coefficient (Wildman–Crippen LogP) is 3.27. The molecule has 32 heavy (non-hydrogen) atoms. The average molecular weight is 470 g/mol. The van der Waals surface area contributed by atoms with Crippen LogP contribution in [-0.2, 0) is 33.5 Å². The zero-order chi connectivity index (χ0) is 23.6. The number of thiazole rings is 1. The molecule has 3 aromatic heterocycles. The smallest absolute Gasteiger partial charge is 0.453 e. The van der Waals surface area contributed by atoms with Gasteiger partial charge in [0.05, 0.1) is 5.69 Å². The number of nitrogens with zero attached hydrogens (tertiary/aromatic N) is 6. The molecule has 3 heterocycles. The zero-order valence-electron chi connectivity index (χ0n) is 17.9. The Kier molecular flexibility index (Phi) is 6.77. The molecule has 13 heteroatoms. The highest BCUT2D eigenvalue weighted by atomic mass is 32.1. The summed E-state index contributed by atoms with van der Waals surface area (Å²) in [5, 5.41) is 5.73. The maximum absolute atomic E-state index is 12.9. The zero-order valence-corrected chi connectivity index (χ0v) is 18.7. The molecule has 0 atom stereocenters. The number of esters is 1. The largest absolute Gasteiger partial charge is 0.459 e.